The van der Waals surface area contributed by atoms with Crippen molar-refractivity contribution in [2.45, 2.75) is 64.2 Å². The first-order chi connectivity index (χ1) is 15.1. The van der Waals surface area contributed by atoms with E-state index in [-0.39, 0.29) is 30.3 Å². The number of benzene rings is 1. The van der Waals surface area contributed by atoms with E-state index >= 15 is 0 Å². The second-order valence-corrected chi connectivity index (χ2v) is 9.12. The lowest BCUT2D eigenvalue weighted by Crippen LogP contribution is -2.43. The second-order valence-electron chi connectivity index (χ2n) is 9.12. The molecule has 2 heterocycles. The maximum atomic E-state index is 13.4. The van der Waals surface area contributed by atoms with Crippen molar-refractivity contribution in [3.8, 4) is 0 Å². The molecule has 168 valence electrons. The zero-order valence-electron chi connectivity index (χ0n) is 18.4. The first kappa shape index (κ1) is 21.8. The lowest BCUT2D eigenvalue weighted by Gasteiger charge is -2.32. The number of anilines is 1. The lowest BCUT2D eigenvalue weighted by molar-refractivity contribution is -0.159. The SMILES string of the molecule is O=C(OCC(=O)N1CCCCCCC1)[C@H]1CCCC[C@H]1C(=O)N1CCc2ccccc21. The maximum Gasteiger partial charge on any atom is 0.310 e. The molecule has 2 aliphatic heterocycles. The highest BCUT2D eigenvalue weighted by Gasteiger charge is 2.40. The van der Waals surface area contributed by atoms with Gasteiger partial charge < -0.3 is 14.5 Å². The molecule has 0 bridgehead atoms. The Hall–Kier alpha value is -2.37. The minimum Gasteiger partial charge on any atom is -0.455 e. The van der Waals surface area contributed by atoms with Gasteiger partial charge in [-0.05, 0) is 43.7 Å². The van der Waals surface area contributed by atoms with Crippen molar-refractivity contribution < 1.29 is 19.1 Å². The van der Waals surface area contributed by atoms with Crippen molar-refractivity contribution in [1.29, 1.82) is 0 Å². The number of likely N-dealkylation sites (tertiary alicyclic amines) is 1. The number of rotatable bonds is 4. The number of carbonyl (C=O) groups is 3. The van der Waals surface area contributed by atoms with E-state index in [0.29, 0.717) is 19.4 Å². The van der Waals surface area contributed by atoms with E-state index in [1.807, 2.05) is 28.0 Å². The Bertz CT molecular complexity index is 800. The monoisotopic (exact) mass is 426 g/mol. The Morgan fingerprint density at radius 2 is 1.52 bits per heavy atom. The number of ether oxygens (including phenoxy) is 1. The summed E-state index contributed by atoms with van der Waals surface area (Å²) < 4.78 is 5.48. The number of hydrogen-bond donors (Lipinski definition) is 0. The molecule has 1 aromatic rings. The highest BCUT2D eigenvalue weighted by molar-refractivity contribution is 5.99. The molecule has 2 fully saturated rings. The third-order valence-electron chi connectivity index (χ3n) is 7.09. The first-order valence-corrected chi connectivity index (χ1v) is 12.0. The van der Waals surface area contributed by atoms with Crippen LogP contribution in [0.3, 0.4) is 0 Å². The standard InChI is InChI=1S/C25H34N2O4/c28-23(26-15-8-2-1-3-9-16-26)18-31-25(30)21-12-6-5-11-20(21)24(29)27-17-14-19-10-4-7-13-22(19)27/h4,7,10,13,20-21H,1-3,5-6,8-9,11-12,14-18H2/t20-,21+/m1/s1. The number of fused-ring (bicyclic) bond motifs is 1. The second kappa shape index (κ2) is 10.3. The average Bonchev–Trinajstić information content (AvgIpc) is 3.21. The Morgan fingerprint density at radius 3 is 2.29 bits per heavy atom. The summed E-state index contributed by atoms with van der Waals surface area (Å²) in [7, 11) is 0. The van der Waals surface area contributed by atoms with Gasteiger partial charge in [-0.3, -0.25) is 14.4 Å². The minimum absolute atomic E-state index is 0.0293. The van der Waals surface area contributed by atoms with Gasteiger partial charge in [0.1, 0.15) is 0 Å². The molecule has 31 heavy (non-hydrogen) atoms. The van der Waals surface area contributed by atoms with Crippen LogP contribution in [0.5, 0.6) is 0 Å². The van der Waals surface area contributed by atoms with Gasteiger partial charge in [0, 0.05) is 25.3 Å². The molecule has 0 N–H and O–H groups in total. The van der Waals surface area contributed by atoms with Crippen LogP contribution in [-0.2, 0) is 25.5 Å². The zero-order valence-corrected chi connectivity index (χ0v) is 18.4. The van der Waals surface area contributed by atoms with Gasteiger partial charge in [0.15, 0.2) is 6.61 Å². The van der Waals surface area contributed by atoms with Crippen molar-refractivity contribution >= 4 is 23.5 Å². The number of nitrogens with zero attached hydrogens (tertiary/aromatic N) is 2. The predicted octanol–water partition coefficient (Wildman–Crippen LogP) is 3.72. The topological polar surface area (TPSA) is 66.9 Å². The fraction of sp³-hybridized carbons (Fsp3) is 0.640. The molecule has 0 aromatic heterocycles. The Balaban J connectivity index is 1.36. The third-order valence-corrected chi connectivity index (χ3v) is 7.09. The van der Waals surface area contributed by atoms with E-state index < -0.39 is 5.92 Å². The quantitative estimate of drug-likeness (QED) is 0.689. The van der Waals surface area contributed by atoms with E-state index in [9.17, 15) is 14.4 Å². The first-order valence-electron chi connectivity index (χ1n) is 12.0. The predicted molar refractivity (Wildman–Crippen MR) is 119 cm³/mol. The number of hydrogen-bond acceptors (Lipinski definition) is 4. The minimum atomic E-state index is -0.450. The number of amides is 2. The van der Waals surface area contributed by atoms with Crippen molar-refractivity contribution in [3.63, 3.8) is 0 Å². The molecule has 1 saturated carbocycles. The van der Waals surface area contributed by atoms with Gasteiger partial charge in [-0.15, -0.1) is 0 Å². The van der Waals surface area contributed by atoms with Gasteiger partial charge in [-0.2, -0.15) is 0 Å². The molecule has 3 aliphatic rings. The molecule has 1 aliphatic carbocycles. The van der Waals surface area contributed by atoms with Crippen molar-refractivity contribution in [2.75, 3.05) is 31.1 Å². The van der Waals surface area contributed by atoms with Gasteiger partial charge in [-0.1, -0.05) is 50.3 Å². The molecule has 6 nitrogen and oxygen atoms in total. The van der Waals surface area contributed by atoms with Crippen molar-refractivity contribution in [2.24, 2.45) is 11.8 Å². The molecule has 0 radical (unpaired) electrons. The van der Waals surface area contributed by atoms with Crippen molar-refractivity contribution in [1.82, 2.24) is 4.90 Å². The van der Waals surface area contributed by atoms with Gasteiger partial charge in [-0.25, -0.2) is 0 Å². The highest BCUT2D eigenvalue weighted by Crippen LogP contribution is 2.36. The zero-order chi connectivity index (χ0) is 21.6. The Kier molecular flexibility index (Phi) is 7.25. The molecule has 2 atom stereocenters. The van der Waals surface area contributed by atoms with Gasteiger partial charge in [0.25, 0.3) is 5.91 Å². The third kappa shape index (κ3) is 5.10. The fourth-order valence-electron chi connectivity index (χ4n) is 5.30. The van der Waals surface area contributed by atoms with E-state index in [1.54, 1.807) is 0 Å². The van der Waals surface area contributed by atoms with E-state index in [2.05, 4.69) is 6.07 Å². The van der Waals surface area contributed by atoms with Gasteiger partial charge >= 0.3 is 5.97 Å². The maximum absolute atomic E-state index is 13.4. The van der Waals surface area contributed by atoms with Crippen LogP contribution in [0.25, 0.3) is 0 Å². The van der Waals surface area contributed by atoms with E-state index in [4.69, 9.17) is 4.74 Å². The van der Waals surface area contributed by atoms with Crippen LogP contribution < -0.4 is 4.90 Å². The summed E-state index contributed by atoms with van der Waals surface area (Å²) in [6.45, 7) is 1.96. The molecule has 4 rings (SSSR count). The summed E-state index contributed by atoms with van der Waals surface area (Å²) in [6, 6.07) is 7.99. The largest absolute Gasteiger partial charge is 0.455 e. The highest BCUT2D eigenvalue weighted by atomic mass is 16.5. The van der Waals surface area contributed by atoms with Crippen LogP contribution in [0, 0.1) is 11.8 Å². The lowest BCUT2D eigenvalue weighted by atomic mass is 9.78. The summed E-state index contributed by atoms with van der Waals surface area (Å²) >= 11 is 0. The summed E-state index contributed by atoms with van der Waals surface area (Å²) in [6.07, 6.45) is 9.63. The average molecular weight is 427 g/mol. The van der Waals surface area contributed by atoms with Crippen LogP contribution in [0.4, 0.5) is 5.69 Å². The number of esters is 1. The van der Waals surface area contributed by atoms with E-state index in [0.717, 1.165) is 63.7 Å². The molecule has 1 saturated heterocycles. The Labute approximate surface area is 184 Å². The molecule has 0 unspecified atom stereocenters. The Morgan fingerprint density at radius 1 is 0.839 bits per heavy atom. The van der Waals surface area contributed by atoms with Gasteiger partial charge in [0.05, 0.1) is 11.8 Å². The van der Waals surface area contributed by atoms with Crippen LogP contribution in [0.2, 0.25) is 0 Å². The van der Waals surface area contributed by atoms with Crippen LogP contribution in [-0.4, -0.2) is 48.9 Å². The van der Waals surface area contributed by atoms with Gasteiger partial charge in [0.2, 0.25) is 5.91 Å². The van der Waals surface area contributed by atoms with Crippen LogP contribution in [0.15, 0.2) is 24.3 Å². The van der Waals surface area contributed by atoms with E-state index in [1.165, 1.54) is 12.0 Å². The summed E-state index contributed by atoms with van der Waals surface area (Å²) in [5.41, 5.74) is 2.15. The van der Waals surface area contributed by atoms with Crippen LogP contribution in [0.1, 0.15) is 63.4 Å². The smallest absolute Gasteiger partial charge is 0.310 e. The normalized spacial score (nSPS) is 24.1. The summed E-state index contributed by atoms with van der Waals surface area (Å²) in [5, 5.41) is 0. The fourth-order valence-corrected chi connectivity index (χ4v) is 5.30. The molecular weight excluding hydrogens is 392 g/mol. The molecule has 0 spiro atoms. The molecule has 1 aromatic carbocycles. The summed E-state index contributed by atoms with van der Waals surface area (Å²) in [5.74, 6) is -1.27. The van der Waals surface area contributed by atoms with Crippen LogP contribution >= 0.6 is 0 Å². The summed E-state index contributed by atoms with van der Waals surface area (Å²) in [4.78, 5) is 42.6. The molecule has 2 amide bonds. The number of para-hydroxylation sites is 1. The molecular formula is C25H34N2O4. The number of carbonyl (C=O) groups excluding carboxylic acids is 3. The molecule has 6 heteroatoms. The van der Waals surface area contributed by atoms with Crippen molar-refractivity contribution in [3.05, 3.63) is 29.8 Å².